The second kappa shape index (κ2) is 4.48. The van der Waals surface area contributed by atoms with Crippen molar-refractivity contribution < 1.29 is 4.79 Å². The maximum Gasteiger partial charge on any atom is 0.185 e. The molecule has 0 aromatic carbocycles. The quantitative estimate of drug-likeness (QED) is 0.799. The van der Waals surface area contributed by atoms with Crippen molar-refractivity contribution in [2.45, 2.75) is 41.0 Å². The van der Waals surface area contributed by atoms with E-state index in [9.17, 15) is 4.79 Å². The van der Waals surface area contributed by atoms with Crippen molar-refractivity contribution in [2.75, 3.05) is 0 Å². The Morgan fingerprint density at radius 2 is 1.72 bits per heavy atom. The Labute approximate surface area is 108 Å². The molecule has 0 radical (unpaired) electrons. The predicted molar refractivity (Wildman–Crippen MR) is 73.3 cm³/mol. The minimum Gasteiger partial charge on any atom is -0.362 e. The van der Waals surface area contributed by atoms with Gasteiger partial charge in [-0.2, -0.15) is 0 Å². The van der Waals surface area contributed by atoms with Crippen molar-refractivity contribution in [1.82, 2.24) is 9.97 Å². The first-order valence-electron chi connectivity index (χ1n) is 6.24. The number of Topliss-reactive ketones (excluding diaryl/α,β-unsaturated/α-hetero) is 1. The second-order valence-corrected chi connectivity index (χ2v) is 5.09. The summed E-state index contributed by atoms with van der Waals surface area (Å²) in [5, 5.41) is 0. The van der Waals surface area contributed by atoms with E-state index >= 15 is 0 Å². The third-order valence-electron chi connectivity index (χ3n) is 3.69. The Morgan fingerprint density at radius 3 is 2.17 bits per heavy atom. The van der Waals surface area contributed by atoms with Crippen LogP contribution in [0.25, 0.3) is 0 Å². The standard InChI is InChI=1S/C15H20N2O/c1-8-6-9(2)16-13(8)7-14(18)15-11(4)10(3)12(5)17-15/h6,16-17H,7H2,1-5H3. The summed E-state index contributed by atoms with van der Waals surface area (Å²) in [4.78, 5) is 18.8. The van der Waals surface area contributed by atoms with Crippen LogP contribution >= 0.6 is 0 Å². The highest BCUT2D eigenvalue weighted by Crippen LogP contribution is 2.19. The van der Waals surface area contributed by atoms with Crippen molar-refractivity contribution in [3.8, 4) is 0 Å². The molecule has 0 unspecified atom stereocenters. The smallest absolute Gasteiger partial charge is 0.185 e. The number of hydrogen-bond acceptors (Lipinski definition) is 1. The van der Waals surface area contributed by atoms with Crippen LogP contribution in [-0.2, 0) is 6.42 Å². The molecule has 0 fully saturated rings. The third-order valence-corrected chi connectivity index (χ3v) is 3.69. The number of nitrogens with one attached hydrogen (secondary N) is 2. The number of H-pyrrole nitrogens is 2. The van der Waals surface area contributed by atoms with E-state index in [1.54, 1.807) is 0 Å². The zero-order valence-electron chi connectivity index (χ0n) is 11.7. The summed E-state index contributed by atoms with van der Waals surface area (Å²) >= 11 is 0. The molecule has 2 aromatic heterocycles. The van der Waals surface area contributed by atoms with Crippen LogP contribution in [0.5, 0.6) is 0 Å². The Bertz CT molecular complexity index is 602. The van der Waals surface area contributed by atoms with Crippen LogP contribution in [0.2, 0.25) is 0 Å². The maximum absolute atomic E-state index is 12.3. The van der Waals surface area contributed by atoms with Crippen LogP contribution in [-0.4, -0.2) is 15.8 Å². The first-order valence-corrected chi connectivity index (χ1v) is 6.24. The molecule has 2 aromatic rings. The van der Waals surface area contributed by atoms with Gasteiger partial charge in [0.2, 0.25) is 0 Å². The Morgan fingerprint density at radius 1 is 1.06 bits per heavy atom. The minimum atomic E-state index is 0.147. The van der Waals surface area contributed by atoms with E-state index in [-0.39, 0.29) is 5.78 Å². The summed E-state index contributed by atoms with van der Waals surface area (Å²) in [5.74, 6) is 0.147. The molecule has 18 heavy (non-hydrogen) atoms. The zero-order valence-corrected chi connectivity index (χ0v) is 11.7. The van der Waals surface area contributed by atoms with Gasteiger partial charge in [0.15, 0.2) is 5.78 Å². The molecule has 0 aliphatic rings. The molecule has 2 heterocycles. The first kappa shape index (κ1) is 12.7. The van der Waals surface area contributed by atoms with Gasteiger partial charge in [0.05, 0.1) is 12.1 Å². The summed E-state index contributed by atoms with van der Waals surface area (Å²) in [7, 11) is 0. The van der Waals surface area contributed by atoms with Gasteiger partial charge in [-0.25, -0.2) is 0 Å². The normalized spacial score (nSPS) is 10.9. The molecular weight excluding hydrogens is 224 g/mol. The van der Waals surface area contributed by atoms with Crippen molar-refractivity contribution in [2.24, 2.45) is 0 Å². The molecule has 3 heteroatoms. The third kappa shape index (κ3) is 2.13. The first-order chi connectivity index (χ1) is 8.40. The number of carbonyl (C=O) groups excluding carboxylic acids is 1. The lowest BCUT2D eigenvalue weighted by molar-refractivity contribution is 0.0987. The number of ketones is 1. The van der Waals surface area contributed by atoms with E-state index in [0.717, 1.165) is 33.9 Å². The van der Waals surface area contributed by atoms with E-state index in [1.807, 2.05) is 34.6 Å². The van der Waals surface area contributed by atoms with Gasteiger partial charge in [-0.05, 0) is 57.4 Å². The Hall–Kier alpha value is -1.77. The van der Waals surface area contributed by atoms with Crippen LogP contribution in [0, 0.1) is 34.6 Å². The molecule has 2 N–H and O–H groups in total. The molecule has 3 nitrogen and oxygen atoms in total. The monoisotopic (exact) mass is 244 g/mol. The average molecular weight is 244 g/mol. The number of rotatable bonds is 3. The van der Waals surface area contributed by atoms with Crippen molar-refractivity contribution in [3.63, 3.8) is 0 Å². The fourth-order valence-electron chi connectivity index (χ4n) is 2.34. The van der Waals surface area contributed by atoms with Crippen LogP contribution in [0.1, 0.15) is 44.3 Å². The molecular formula is C15H20N2O. The lowest BCUT2D eigenvalue weighted by Gasteiger charge is -2.01. The highest BCUT2D eigenvalue weighted by molar-refractivity contribution is 5.97. The topological polar surface area (TPSA) is 48.6 Å². The summed E-state index contributed by atoms with van der Waals surface area (Å²) in [6.45, 7) is 10.1. The van der Waals surface area contributed by atoms with E-state index in [1.165, 1.54) is 5.56 Å². The molecule has 2 rings (SSSR count). The van der Waals surface area contributed by atoms with E-state index in [2.05, 4.69) is 16.0 Å². The van der Waals surface area contributed by atoms with Gasteiger partial charge in [-0.15, -0.1) is 0 Å². The Kier molecular flexibility index (Phi) is 3.16. The van der Waals surface area contributed by atoms with Gasteiger partial charge in [-0.1, -0.05) is 0 Å². The SMILES string of the molecule is Cc1cc(C)c(CC(=O)c2[nH]c(C)c(C)c2C)[nH]1. The molecule has 0 saturated carbocycles. The average Bonchev–Trinajstić information content (AvgIpc) is 2.73. The van der Waals surface area contributed by atoms with E-state index in [4.69, 9.17) is 0 Å². The minimum absolute atomic E-state index is 0.147. The molecule has 0 aliphatic carbocycles. The lowest BCUT2D eigenvalue weighted by Crippen LogP contribution is -2.07. The summed E-state index contributed by atoms with van der Waals surface area (Å²) in [5.41, 5.74) is 7.34. The van der Waals surface area contributed by atoms with Crippen molar-refractivity contribution >= 4 is 5.78 Å². The van der Waals surface area contributed by atoms with E-state index < -0.39 is 0 Å². The predicted octanol–water partition coefficient (Wildman–Crippen LogP) is 3.31. The van der Waals surface area contributed by atoms with Crippen LogP contribution in [0.3, 0.4) is 0 Å². The molecule has 96 valence electrons. The summed E-state index contributed by atoms with van der Waals surface area (Å²) < 4.78 is 0. The summed E-state index contributed by atoms with van der Waals surface area (Å²) in [6.07, 6.45) is 0.430. The lowest BCUT2D eigenvalue weighted by atomic mass is 10.1. The van der Waals surface area contributed by atoms with Crippen LogP contribution in [0.15, 0.2) is 6.07 Å². The largest absolute Gasteiger partial charge is 0.362 e. The maximum atomic E-state index is 12.3. The number of hydrogen-bond donors (Lipinski definition) is 2. The molecule has 0 atom stereocenters. The van der Waals surface area contributed by atoms with Crippen LogP contribution < -0.4 is 0 Å². The van der Waals surface area contributed by atoms with Gasteiger partial charge in [-0.3, -0.25) is 4.79 Å². The molecule has 0 spiro atoms. The van der Waals surface area contributed by atoms with Gasteiger partial charge in [0.25, 0.3) is 0 Å². The fraction of sp³-hybridized carbons (Fsp3) is 0.400. The zero-order chi connectivity index (χ0) is 13.4. The fourth-order valence-corrected chi connectivity index (χ4v) is 2.34. The van der Waals surface area contributed by atoms with Gasteiger partial charge < -0.3 is 9.97 Å². The highest BCUT2D eigenvalue weighted by Gasteiger charge is 2.16. The molecule has 0 amide bonds. The molecule has 0 saturated heterocycles. The number of carbonyl (C=O) groups is 1. The second-order valence-electron chi connectivity index (χ2n) is 5.09. The van der Waals surface area contributed by atoms with E-state index in [0.29, 0.717) is 6.42 Å². The van der Waals surface area contributed by atoms with Crippen molar-refractivity contribution in [1.29, 1.82) is 0 Å². The van der Waals surface area contributed by atoms with Gasteiger partial charge >= 0.3 is 0 Å². The Balaban J connectivity index is 2.27. The highest BCUT2D eigenvalue weighted by atomic mass is 16.1. The number of aryl methyl sites for hydroxylation is 3. The number of aromatic amines is 2. The molecule has 0 bridgehead atoms. The summed E-state index contributed by atoms with van der Waals surface area (Å²) in [6, 6.07) is 2.07. The van der Waals surface area contributed by atoms with Gasteiger partial charge in [0.1, 0.15) is 0 Å². The van der Waals surface area contributed by atoms with Crippen LogP contribution in [0.4, 0.5) is 0 Å². The molecule has 0 aliphatic heterocycles. The van der Waals surface area contributed by atoms with Gasteiger partial charge in [0, 0.05) is 17.1 Å². The van der Waals surface area contributed by atoms with Crippen molar-refractivity contribution in [3.05, 3.63) is 45.5 Å². The number of aromatic nitrogens is 2.